The maximum absolute atomic E-state index is 9.98. The largest absolute Gasteiger partial charge is 0.508 e. The third kappa shape index (κ3) is 4.21. The number of phenols is 1. The van der Waals surface area contributed by atoms with Gasteiger partial charge in [-0.1, -0.05) is 40.9 Å². The molecule has 0 unspecified atom stereocenters. The molecule has 1 aromatic heterocycles. The van der Waals surface area contributed by atoms with Gasteiger partial charge >= 0.3 is 5.88 Å². The van der Waals surface area contributed by atoms with Gasteiger partial charge in [0.2, 0.25) is 12.1 Å². The molecular formula is C25H32N4O2+2. The average Bonchev–Trinajstić information content (AvgIpc) is 2.77. The van der Waals surface area contributed by atoms with Gasteiger partial charge in [-0.2, -0.15) is 0 Å². The fourth-order valence-electron chi connectivity index (χ4n) is 4.37. The average molecular weight is 421 g/mol. The predicted molar refractivity (Wildman–Crippen MR) is 121 cm³/mol. The third-order valence-electron chi connectivity index (χ3n) is 6.27. The number of benzene rings is 2. The third-order valence-corrected chi connectivity index (χ3v) is 6.27. The highest BCUT2D eigenvalue weighted by Crippen LogP contribution is 2.48. The van der Waals surface area contributed by atoms with E-state index in [-0.39, 0.29) is 11.7 Å². The van der Waals surface area contributed by atoms with Crippen LogP contribution in [0.1, 0.15) is 48.4 Å². The van der Waals surface area contributed by atoms with Crippen LogP contribution in [-0.2, 0) is 6.54 Å². The van der Waals surface area contributed by atoms with Crippen molar-refractivity contribution in [1.82, 2.24) is 4.98 Å². The summed E-state index contributed by atoms with van der Waals surface area (Å²) in [5.41, 5.74) is 10.9. The molecule has 1 aliphatic heterocycles. The number of hydrogen-bond donors (Lipinski definition) is 3. The highest BCUT2D eigenvalue weighted by Gasteiger charge is 2.36. The van der Waals surface area contributed by atoms with Gasteiger partial charge in [0, 0.05) is 18.1 Å². The molecule has 31 heavy (non-hydrogen) atoms. The molecule has 0 amide bonds. The molecule has 1 atom stereocenters. The smallest absolute Gasteiger partial charge is 0.306 e. The number of quaternary nitrogens is 1. The van der Waals surface area contributed by atoms with E-state index >= 15 is 0 Å². The number of aromatic nitrogens is 2. The minimum atomic E-state index is -0.103. The van der Waals surface area contributed by atoms with Crippen LogP contribution in [0, 0.1) is 6.92 Å². The van der Waals surface area contributed by atoms with Crippen molar-refractivity contribution in [3.63, 3.8) is 0 Å². The predicted octanol–water partition coefficient (Wildman–Crippen LogP) is 2.57. The van der Waals surface area contributed by atoms with Gasteiger partial charge in [0.15, 0.2) is 0 Å². The van der Waals surface area contributed by atoms with E-state index in [0.29, 0.717) is 17.4 Å². The molecule has 4 rings (SSSR count). The minimum Gasteiger partial charge on any atom is -0.508 e. The Bertz CT molecular complexity index is 1060. The summed E-state index contributed by atoms with van der Waals surface area (Å²) in [6.45, 7) is 10.7. The van der Waals surface area contributed by atoms with Gasteiger partial charge in [0.25, 0.3) is 0 Å². The van der Waals surface area contributed by atoms with E-state index in [9.17, 15) is 5.11 Å². The second-order valence-electron chi connectivity index (χ2n) is 8.27. The number of phenolic OH excluding ortho intramolecular Hbond substituents is 1. The number of anilines is 1. The number of aryl methyl sites for hydroxylation is 2. The lowest BCUT2D eigenvalue weighted by Gasteiger charge is -2.27. The first-order valence-electron chi connectivity index (χ1n) is 11.1. The Balaban J connectivity index is 1.74. The molecule has 0 radical (unpaired) electrons. The number of hydrogen-bond acceptors (Lipinski definition) is 4. The Morgan fingerprint density at radius 3 is 2.58 bits per heavy atom. The van der Waals surface area contributed by atoms with Crippen molar-refractivity contribution < 1.29 is 19.3 Å². The summed E-state index contributed by atoms with van der Waals surface area (Å²) in [6, 6.07) is 13.7. The second-order valence-corrected chi connectivity index (χ2v) is 8.27. The molecule has 2 aromatic carbocycles. The molecule has 0 aliphatic carbocycles. The van der Waals surface area contributed by atoms with Crippen LogP contribution >= 0.6 is 0 Å². The molecule has 0 spiro atoms. The molecule has 6 nitrogen and oxygen atoms in total. The van der Waals surface area contributed by atoms with E-state index < -0.39 is 0 Å². The highest BCUT2D eigenvalue weighted by atomic mass is 16.5. The lowest BCUT2D eigenvalue weighted by atomic mass is 9.83. The topological polar surface area (TPSA) is 76.7 Å². The Morgan fingerprint density at radius 1 is 1.13 bits per heavy atom. The standard InChI is InChI=1S/C25H30N4O2/c1-4-28(5-2)13-6-14-29-16-27-25-23(24(29)26)22(18-9-7-17(3)8-10-18)20-12-11-19(30)15-21(20)31-25/h7-12,15-16,22,26,30H,4-6,13-14H2,1-3H3/p+2/t22-/m0/s1. The number of nitrogen functional groups attached to an aromatic ring is 1. The maximum atomic E-state index is 9.98. The van der Waals surface area contributed by atoms with Gasteiger partial charge < -0.3 is 20.5 Å². The summed E-state index contributed by atoms with van der Waals surface area (Å²) in [4.78, 5) is 6.20. The van der Waals surface area contributed by atoms with Crippen LogP contribution in [0.25, 0.3) is 0 Å². The summed E-state index contributed by atoms with van der Waals surface area (Å²) in [7, 11) is 0. The first-order valence-corrected chi connectivity index (χ1v) is 11.1. The SMILES string of the molecule is CC[NH+](CC)CCC[n+]1cnc2c(c1N)[C@@H](c1ccc(C)cc1)c1ccc(O)cc1O2. The normalized spacial score (nSPS) is 14.8. The fraction of sp³-hybridized carbons (Fsp3) is 0.360. The number of ether oxygens (including phenoxy) is 1. The van der Waals surface area contributed by atoms with Gasteiger partial charge in [-0.3, -0.25) is 0 Å². The first kappa shape index (κ1) is 21.1. The van der Waals surface area contributed by atoms with Crippen LogP contribution in [0.2, 0.25) is 0 Å². The zero-order valence-corrected chi connectivity index (χ0v) is 18.6. The Labute approximate surface area is 183 Å². The zero-order chi connectivity index (χ0) is 22.0. The van der Waals surface area contributed by atoms with Crippen molar-refractivity contribution in [2.75, 3.05) is 25.4 Å². The van der Waals surface area contributed by atoms with Crippen LogP contribution in [0.4, 0.5) is 5.82 Å². The van der Waals surface area contributed by atoms with Gasteiger partial charge in [-0.05, 0) is 32.4 Å². The zero-order valence-electron chi connectivity index (χ0n) is 18.6. The quantitative estimate of drug-likeness (QED) is 0.402. The number of nitrogens with one attached hydrogen (secondary N) is 1. The molecule has 0 bridgehead atoms. The summed E-state index contributed by atoms with van der Waals surface area (Å²) in [5, 5.41) is 9.98. The van der Waals surface area contributed by atoms with Crippen LogP contribution in [-0.4, -0.2) is 29.7 Å². The van der Waals surface area contributed by atoms with Gasteiger partial charge in [0.05, 0.1) is 32.1 Å². The number of rotatable bonds is 7. The van der Waals surface area contributed by atoms with Crippen LogP contribution < -0.4 is 19.9 Å². The van der Waals surface area contributed by atoms with Crippen molar-refractivity contribution >= 4 is 5.82 Å². The van der Waals surface area contributed by atoms with E-state index in [2.05, 4.69) is 50.0 Å². The van der Waals surface area contributed by atoms with E-state index in [4.69, 9.17) is 10.5 Å². The number of nitrogens with two attached hydrogens (primary N) is 1. The Morgan fingerprint density at radius 2 is 1.87 bits per heavy atom. The van der Waals surface area contributed by atoms with Crippen molar-refractivity contribution in [2.24, 2.45) is 0 Å². The minimum absolute atomic E-state index is 0.103. The first-order chi connectivity index (χ1) is 15.0. The Hall–Kier alpha value is -3.12. The molecular weight excluding hydrogens is 388 g/mol. The van der Waals surface area contributed by atoms with Crippen molar-refractivity contribution in [3.8, 4) is 17.4 Å². The molecule has 1 aliphatic rings. The molecule has 0 saturated heterocycles. The molecule has 0 saturated carbocycles. The summed E-state index contributed by atoms with van der Waals surface area (Å²) in [5.74, 6) is 1.87. The summed E-state index contributed by atoms with van der Waals surface area (Å²) >= 11 is 0. The molecule has 6 heteroatoms. The highest BCUT2D eigenvalue weighted by molar-refractivity contribution is 5.62. The number of aromatic hydroxyl groups is 1. The maximum Gasteiger partial charge on any atom is 0.306 e. The number of nitrogens with zero attached hydrogens (tertiary/aromatic N) is 2. The summed E-state index contributed by atoms with van der Waals surface area (Å²) in [6.07, 6.45) is 2.80. The van der Waals surface area contributed by atoms with Crippen molar-refractivity contribution in [2.45, 2.75) is 39.7 Å². The van der Waals surface area contributed by atoms with Gasteiger partial charge in [-0.25, -0.2) is 4.57 Å². The van der Waals surface area contributed by atoms with E-state index in [0.717, 1.165) is 49.3 Å². The number of fused-ring (bicyclic) bond motifs is 2. The Kier molecular flexibility index (Phi) is 6.09. The monoisotopic (exact) mass is 420 g/mol. The summed E-state index contributed by atoms with van der Waals surface area (Å²) < 4.78 is 8.12. The van der Waals surface area contributed by atoms with Gasteiger partial charge in [-0.15, -0.1) is 0 Å². The molecule has 4 N–H and O–H groups in total. The van der Waals surface area contributed by atoms with Crippen LogP contribution in [0.5, 0.6) is 17.4 Å². The van der Waals surface area contributed by atoms with Crippen molar-refractivity contribution in [1.29, 1.82) is 0 Å². The lowest BCUT2D eigenvalue weighted by molar-refractivity contribution is -0.898. The van der Waals surface area contributed by atoms with E-state index in [1.54, 1.807) is 23.4 Å². The molecule has 0 fully saturated rings. The molecule has 3 aromatic rings. The lowest BCUT2D eigenvalue weighted by Crippen LogP contribution is -3.11. The van der Waals surface area contributed by atoms with E-state index in [1.807, 2.05) is 10.6 Å². The second kappa shape index (κ2) is 8.94. The molecule has 162 valence electrons. The van der Waals surface area contributed by atoms with Gasteiger partial charge in [0.1, 0.15) is 17.1 Å². The van der Waals surface area contributed by atoms with Crippen molar-refractivity contribution in [3.05, 3.63) is 71.0 Å². The van der Waals surface area contributed by atoms with E-state index in [1.165, 1.54) is 5.56 Å². The fourth-order valence-corrected chi connectivity index (χ4v) is 4.37. The molecule has 2 heterocycles. The van der Waals surface area contributed by atoms with Crippen LogP contribution in [0.3, 0.4) is 0 Å². The van der Waals surface area contributed by atoms with Crippen LogP contribution in [0.15, 0.2) is 48.8 Å².